The number of nitrogens with one attached hydrogen (secondary N) is 1. The molecule has 0 aromatic carbocycles. The van der Waals surface area contributed by atoms with Crippen molar-refractivity contribution in [1.82, 2.24) is 25.3 Å². The molecule has 1 aliphatic heterocycles. The molecular formula is C11H8F2N6O. The van der Waals surface area contributed by atoms with Crippen molar-refractivity contribution in [2.45, 2.75) is 18.4 Å². The third-order valence-electron chi connectivity index (χ3n) is 3.08. The van der Waals surface area contributed by atoms with Gasteiger partial charge in [0.15, 0.2) is 0 Å². The number of nitriles is 1. The number of rotatable bonds is 1. The Kier molecular flexibility index (Phi) is 2.60. The molecule has 0 bridgehead atoms. The second kappa shape index (κ2) is 4.19. The van der Waals surface area contributed by atoms with E-state index in [1.165, 1.54) is 12.1 Å². The van der Waals surface area contributed by atoms with E-state index in [-0.39, 0.29) is 11.3 Å². The van der Waals surface area contributed by atoms with Crippen LogP contribution in [0, 0.1) is 11.3 Å². The Bertz CT molecular complexity index is 721. The second-order valence-corrected chi connectivity index (χ2v) is 4.50. The van der Waals surface area contributed by atoms with Gasteiger partial charge in [-0.3, -0.25) is 4.79 Å². The fourth-order valence-electron chi connectivity index (χ4n) is 2.15. The van der Waals surface area contributed by atoms with E-state index in [1.54, 1.807) is 6.07 Å². The van der Waals surface area contributed by atoms with Crippen LogP contribution in [0.2, 0.25) is 0 Å². The van der Waals surface area contributed by atoms with Crippen molar-refractivity contribution < 1.29 is 13.6 Å². The maximum atomic E-state index is 13.3. The maximum absolute atomic E-state index is 13.3. The molecule has 2 aromatic heterocycles. The molecule has 0 saturated carbocycles. The van der Waals surface area contributed by atoms with E-state index in [0.717, 1.165) is 4.90 Å². The van der Waals surface area contributed by atoms with Gasteiger partial charge >= 0.3 is 0 Å². The van der Waals surface area contributed by atoms with Crippen LogP contribution in [0.15, 0.2) is 12.1 Å². The third kappa shape index (κ3) is 1.95. The number of aromatic nitrogens is 4. The number of halogens is 2. The summed E-state index contributed by atoms with van der Waals surface area (Å²) in [5.41, 5.74) is 0.643. The number of likely N-dealkylation sites (tertiary alicyclic amines) is 1. The third-order valence-corrected chi connectivity index (χ3v) is 3.08. The number of carbonyl (C=O) groups is 1. The lowest BCUT2D eigenvalue weighted by molar-refractivity contribution is 0.0118. The standard InChI is InChI=1S/C11H8F2N6O/c12-11(13)3-6(4-14)19(5-11)10(20)8-2-1-7-9(15-8)17-18-16-7/h1-2,6H,3,5H2,(H,15,16,17,18). The number of nitrogens with zero attached hydrogens (tertiary/aromatic N) is 5. The predicted molar refractivity (Wildman–Crippen MR) is 61.7 cm³/mol. The highest BCUT2D eigenvalue weighted by molar-refractivity contribution is 5.94. The number of fused-ring (bicyclic) bond motifs is 1. The zero-order valence-electron chi connectivity index (χ0n) is 10.0. The molecule has 0 spiro atoms. The van der Waals surface area contributed by atoms with E-state index in [0.29, 0.717) is 5.52 Å². The summed E-state index contributed by atoms with van der Waals surface area (Å²) in [5.74, 6) is -3.76. The van der Waals surface area contributed by atoms with Gasteiger partial charge in [-0.2, -0.15) is 15.6 Å². The Morgan fingerprint density at radius 2 is 2.30 bits per heavy atom. The molecule has 3 rings (SSSR count). The monoisotopic (exact) mass is 278 g/mol. The Morgan fingerprint density at radius 1 is 1.50 bits per heavy atom. The second-order valence-electron chi connectivity index (χ2n) is 4.50. The van der Waals surface area contributed by atoms with E-state index in [9.17, 15) is 13.6 Å². The van der Waals surface area contributed by atoms with Crippen LogP contribution in [0.4, 0.5) is 8.78 Å². The highest BCUT2D eigenvalue weighted by atomic mass is 19.3. The summed E-state index contributed by atoms with van der Waals surface area (Å²) >= 11 is 0. The molecule has 1 aliphatic rings. The van der Waals surface area contributed by atoms with Crippen molar-refractivity contribution in [3.8, 4) is 6.07 Å². The van der Waals surface area contributed by atoms with Crippen molar-refractivity contribution >= 4 is 17.1 Å². The summed E-state index contributed by atoms with van der Waals surface area (Å²) in [6, 6.07) is 3.45. The number of alkyl halides is 2. The van der Waals surface area contributed by atoms with Crippen LogP contribution < -0.4 is 0 Å². The Hall–Kier alpha value is -2.63. The summed E-state index contributed by atoms with van der Waals surface area (Å²) in [7, 11) is 0. The van der Waals surface area contributed by atoms with Crippen molar-refractivity contribution in [1.29, 1.82) is 5.26 Å². The molecule has 1 atom stereocenters. The number of pyridine rings is 1. The quantitative estimate of drug-likeness (QED) is 0.829. The van der Waals surface area contributed by atoms with Crippen LogP contribution in [-0.2, 0) is 0 Å². The molecule has 2 aromatic rings. The van der Waals surface area contributed by atoms with Gasteiger partial charge in [0.2, 0.25) is 5.65 Å². The molecule has 1 unspecified atom stereocenters. The average molecular weight is 278 g/mol. The first-order chi connectivity index (χ1) is 9.50. The summed E-state index contributed by atoms with van der Waals surface area (Å²) in [5, 5.41) is 18.7. The topological polar surface area (TPSA) is 98.6 Å². The Morgan fingerprint density at radius 3 is 3.05 bits per heavy atom. The lowest BCUT2D eigenvalue weighted by Crippen LogP contribution is -2.36. The first kappa shape index (κ1) is 12.4. The smallest absolute Gasteiger partial charge is 0.273 e. The van der Waals surface area contributed by atoms with Gasteiger partial charge in [0.1, 0.15) is 17.3 Å². The summed E-state index contributed by atoms with van der Waals surface area (Å²) in [4.78, 5) is 17.0. The van der Waals surface area contributed by atoms with Gasteiger partial charge in [-0.05, 0) is 12.1 Å². The van der Waals surface area contributed by atoms with Gasteiger partial charge in [0.05, 0.1) is 12.6 Å². The minimum Gasteiger partial charge on any atom is -0.315 e. The van der Waals surface area contributed by atoms with Gasteiger partial charge in [-0.15, -0.1) is 5.10 Å². The molecule has 1 saturated heterocycles. The highest BCUT2D eigenvalue weighted by Gasteiger charge is 2.47. The molecule has 20 heavy (non-hydrogen) atoms. The van der Waals surface area contributed by atoms with Gasteiger partial charge in [-0.1, -0.05) is 0 Å². The number of hydrogen-bond donors (Lipinski definition) is 1. The molecular weight excluding hydrogens is 270 g/mol. The molecule has 3 heterocycles. The van der Waals surface area contributed by atoms with Gasteiger partial charge in [0, 0.05) is 6.42 Å². The minimum atomic E-state index is -3.05. The van der Waals surface area contributed by atoms with E-state index in [2.05, 4.69) is 20.4 Å². The highest BCUT2D eigenvalue weighted by Crippen LogP contribution is 2.32. The normalized spacial score (nSPS) is 21.1. The SMILES string of the molecule is N#CC1CC(F)(F)CN1C(=O)c1ccc2n[nH]nc2n1. The maximum Gasteiger partial charge on any atom is 0.273 e. The average Bonchev–Trinajstić information content (AvgIpc) is 3.00. The fraction of sp³-hybridized carbons (Fsp3) is 0.364. The number of amides is 1. The molecule has 0 radical (unpaired) electrons. The molecule has 1 amide bonds. The lowest BCUT2D eigenvalue weighted by Gasteiger charge is -2.18. The van der Waals surface area contributed by atoms with Crippen molar-refractivity contribution in [2.24, 2.45) is 0 Å². The summed E-state index contributed by atoms with van der Waals surface area (Å²) < 4.78 is 26.6. The van der Waals surface area contributed by atoms with Crippen LogP contribution in [0.25, 0.3) is 11.2 Å². The first-order valence-corrected chi connectivity index (χ1v) is 5.76. The van der Waals surface area contributed by atoms with Gasteiger partial charge in [-0.25, -0.2) is 13.8 Å². The predicted octanol–water partition coefficient (Wildman–Crippen LogP) is 0.726. The number of hydrogen-bond acceptors (Lipinski definition) is 5. The zero-order chi connectivity index (χ0) is 14.3. The Balaban J connectivity index is 1.93. The van der Waals surface area contributed by atoms with Gasteiger partial charge < -0.3 is 4.90 Å². The number of H-pyrrole nitrogens is 1. The lowest BCUT2D eigenvalue weighted by atomic mass is 10.2. The van der Waals surface area contributed by atoms with Crippen LogP contribution in [-0.4, -0.2) is 49.7 Å². The van der Waals surface area contributed by atoms with E-state index < -0.39 is 30.8 Å². The van der Waals surface area contributed by atoms with Crippen LogP contribution in [0.1, 0.15) is 16.9 Å². The van der Waals surface area contributed by atoms with Gasteiger partial charge in [0.25, 0.3) is 11.8 Å². The first-order valence-electron chi connectivity index (χ1n) is 5.76. The summed E-state index contributed by atoms with van der Waals surface area (Å²) in [6.07, 6.45) is -0.651. The minimum absolute atomic E-state index is 0.0376. The van der Waals surface area contributed by atoms with Crippen LogP contribution in [0.5, 0.6) is 0 Å². The summed E-state index contributed by atoms with van der Waals surface area (Å²) in [6.45, 7) is -0.775. The van der Waals surface area contributed by atoms with Crippen molar-refractivity contribution in [3.63, 3.8) is 0 Å². The zero-order valence-corrected chi connectivity index (χ0v) is 10.0. The van der Waals surface area contributed by atoms with E-state index >= 15 is 0 Å². The van der Waals surface area contributed by atoms with E-state index in [4.69, 9.17) is 5.26 Å². The molecule has 7 nitrogen and oxygen atoms in total. The molecule has 1 fully saturated rings. The fourth-order valence-corrected chi connectivity index (χ4v) is 2.15. The largest absolute Gasteiger partial charge is 0.315 e. The van der Waals surface area contributed by atoms with Crippen molar-refractivity contribution in [2.75, 3.05) is 6.54 Å². The van der Waals surface area contributed by atoms with Crippen LogP contribution >= 0.6 is 0 Å². The number of aromatic amines is 1. The molecule has 102 valence electrons. The Labute approximate surface area is 111 Å². The van der Waals surface area contributed by atoms with Crippen LogP contribution in [0.3, 0.4) is 0 Å². The molecule has 9 heteroatoms. The number of carbonyl (C=O) groups excluding carboxylic acids is 1. The molecule has 1 N–H and O–H groups in total. The molecule has 0 aliphatic carbocycles. The van der Waals surface area contributed by atoms with E-state index in [1.807, 2.05) is 0 Å². The van der Waals surface area contributed by atoms with Crippen molar-refractivity contribution in [3.05, 3.63) is 17.8 Å².